The minimum absolute atomic E-state index is 0.109. The molecule has 0 bridgehead atoms. The van der Waals surface area contributed by atoms with Crippen molar-refractivity contribution >= 4 is 51.1 Å². The van der Waals surface area contributed by atoms with Gasteiger partial charge in [0.2, 0.25) is 6.79 Å². The molecule has 3 aromatic heterocycles. The van der Waals surface area contributed by atoms with Crippen molar-refractivity contribution in [3.8, 4) is 11.5 Å². The highest BCUT2D eigenvalue weighted by Gasteiger charge is 2.35. The molecule has 0 spiro atoms. The van der Waals surface area contributed by atoms with E-state index >= 15 is 0 Å². The fraction of sp³-hybridized carbons (Fsp3) is 0.276. The van der Waals surface area contributed by atoms with Gasteiger partial charge in [0.1, 0.15) is 5.76 Å². The molecule has 0 N–H and O–H groups in total. The van der Waals surface area contributed by atoms with Crippen molar-refractivity contribution in [2.75, 3.05) is 13.4 Å². The number of fused-ring (bicyclic) bond motifs is 2. The quantitative estimate of drug-likeness (QED) is 0.191. The summed E-state index contributed by atoms with van der Waals surface area (Å²) >= 11 is 6.06. The second kappa shape index (κ2) is 11.9. The maximum Gasteiger partial charge on any atom is 0.338 e. The van der Waals surface area contributed by atoms with E-state index in [-0.39, 0.29) is 19.0 Å². The van der Waals surface area contributed by atoms with Crippen molar-refractivity contribution < 1.29 is 23.4 Å². The number of hydrogen-bond donors (Lipinski definition) is 0. The number of allylic oxidation sites excluding steroid dienone is 1. The summed E-state index contributed by atoms with van der Waals surface area (Å²) < 4.78 is 25.3. The Bertz CT molecular complexity index is 1910. The van der Waals surface area contributed by atoms with Gasteiger partial charge in [-0.05, 0) is 77.8 Å². The highest BCUT2D eigenvalue weighted by atomic mass is 79.9. The van der Waals surface area contributed by atoms with Gasteiger partial charge < -0.3 is 18.6 Å². The number of nitrogens with zero attached hydrogens (tertiary/aromatic N) is 4. The molecular formula is C29H25BrN4O6S2. The standard InChI is InChI=1S/C29H25BrN4O6S2/c1-4-6-19-23(26(36)37-5-2)24(16-7-8-20-21(11-16)39-14-38-20)34-25(35)22(41-29(34)33-19)13-17-12-18(30)27(40-17)42-28-31-10-9-15(3)32-28/h7-13,24H,4-6,14H2,1-3H3/b22-13+/t24-/m0/s1. The average molecular weight is 670 g/mol. The van der Waals surface area contributed by atoms with Crippen molar-refractivity contribution in [1.29, 1.82) is 0 Å². The monoisotopic (exact) mass is 668 g/mol. The van der Waals surface area contributed by atoms with Crippen molar-refractivity contribution in [1.82, 2.24) is 14.5 Å². The summed E-state index contributed by atoms with van der Waals surface area (Å²) in [5.74, 6) is 1.13. The number of aryl methyl sites for hydroxylation is 1. The third-order valence-electron chi connectivity index (χ3n) is 6.51. The summed E-state index contributed by atoms with van der Waals surface area (Å²) in [6, 6.07) is 8.28. The first-order chi connectivity index (χ1) is 20.4. The molecule has 0 unspecified atom stereocenters. The van der Waals surface area contributed by atoms with E-state index in [1.807, 2.05) is 26.0 Å². The number of ether oxygens (including phenoxy) is 3. The number of aromatic nitrogens is 3. The Morgan fingerprint density at radius 3 is 2.86 bits per heavy atom. The minimum atomic E-state index is -0.758. The number of hydrogen-bond acceptors (Lipinski definition) is 11. The van der Waals surface area contributed by atoms with Crippen LogP contribution in [0, 0.1) is 6.92 Å². The lowest BCUT2D eigenvalue weighted by atomic mass is 9.94. The van der Waals surface area contributed by atoms with Crippen LogP contribution in [0.5, 0.6) is 11.5 Å². The molecule has 1 aromatic carbocycles. The van der Waals surface area contributed by atoms with Crippen molar-refractivity contribution in [3.05, 3.63) is 89.0 Å². The summed E-state index contributed by atoms with van der Waals surface area (Å²) in [7, 11) is 0. The van der Waals surface area contributed by atoms with Gasteiger partial charge in [0.25, 0.3) is 5.56 Å². The van der Waals surface area contributed by atoms with Gasteiger partial charge >= 0.3 is 5.97 Å². The molecule has 42 heavy (non-hydrogen) atoms. The molecule has 10 nitrogen and oxygen atoms in total. The highest BCUT2D eigenvalue weighted by Crippen LogP contribution is 2.39. The number of thiazole rings is 1. The zero-order valence-electron chi connectivity index (χ0n) is 22.9. The predicted molar refractivity (Wildman–Crippen MR) is 159 cm³/mol. The van der Waals surface area contributed by atoms with E-state index in [4.69, 9.17) is 23.6 Å². The predicted octanol–water partition coefficient (Wildman–Crippen LogP) is 4.91. The molecule has 0 radical (unpaired) electrons. The summed E-state index contributed by atoms with van der Waals surface area (Å²) in [4.78, 5) is 41.4. The second-order valence-electron chi connectivity index (χ2n) is 9.39. The van der Waals surface area contributed by atoms with Gasteiger partial charge in [0.15, 0.2) is 26.5 Å². The molecule has 0 aliphatic carbocycles. The lowest BCUT2D eigenvalue weighted by Crippen LogP contribution is -2.40. The van der Waals surface area contributed by atoms with Crippen molar-refractivity contribution in [2.45, 2.75) is 49.9 Å². The van der Waals surface area contributed by atoms with E-state index in [0.717, 1.165) is 12.1 Å². The van der Waals surface area contributed by atoms with E-state index in [1.54, 1.807) is 42.0 Å². The van der Waals surface area contributed by atoms with Crippen LogP contribution in [0.15, 0.2) is 76.7 Å². The number of halogens is 1. The summed E-state index contributed by atoms with van der Waals surface area (Å²) in [6.07, 6.45) is 4.68. The molecule has 0 saturated carbocycles. The maximum absolute atomic E-state index is 14.0. The third-order valence-corrected chi connectivity index (χ3v) is 9.21. The first kappa shape index (κ1) is 28.4. The van der Waals surface area contributed by atoms with Gasteiger partial charge in [-0.1, -0.05) is 30.7 Å². The molecule has 2 aliphatic rings. The summed E-state index contributed by atoms with van der Waals surface area (Å²) in [5, 5.41) is 1.11. The van der Waals surface area contributed by atoms with Crippen LogP contribution < -0.4 is 24.4 Å². The molecule has 5 heterocycles. The number of furan rings is 1. The zero-order chi connectivity index (χ0) is 29.4. The lowest BCUT2D eigenvalue weighted by Gasteiger charge is -2.25. The van der Waals surface area contributed by atoms with E-state index < -0.39 is 12.0 Å². The van der Waals surface area contributed by atoms with Crippen LogP contribution in [-0.4, -0.2) is 33.9 Å². The Balaban J connectivity index is 1.47. The first-order valence-corrected chi connectivity index (χ1v) is 15.7. The fourth-order valence-corrected chi connectivity index (χ4v) is 7.03. The normalized spacial score (nSPS) is 16.0. The molecule has 13 heteroatoms. The first-order valence-electron chi connectivity index (χ1n) is 13.2. The zero-order valence-corrected chi connectivity index (χ0v) is 26.1. The molecule has 0 amide bonds. The van der Waals surface area contributed by atoms with Crippen LogP contribution in [0.3, 0.4) is 0 Å². The molecule has 216 valence electrons. The van der Waals surface area contributed by atoms with E-state index in [1.165, 1.54) is 23.1 Å². The Kier molecular flexibility index (Phi) is 8.06. The van der Waals surface area contributed by atoms with Crippen LogP contribution >= 0.6 is 39.0 Å². The largest absolute Gasteiger partial charge is 0.463 e. The highest BCUT2D eigenvalue weighted by molar-refractivity contribution is 9.10. The minimum Gasteiger partial charge on any atom is -0.463 e. The summed E-state index contributed by atoms with van der Waals surface area (Å²) in [6.45, 7) is 5.97. The third kappa shape index (κ3) is 5.43. The maximum atomic E-state index is 14.0. The Morgan fingerprint density at radius 2 is 2.07 bits per heavy atom. The van der Waals surface area contributed by atoms with Crippen LogP contribution in [0.1, 0.15) is 49.7 Å². The van der Waals surface area contributed by atoms with Gasteiger partial charge in [0, 0.05) is 18.0 Å². The molecule has 0 saturated heterocycles. The van der Waals surface area contributed by atoms with Crippen molar-refractivity contribution in [2.24, 2.45) is 4.99 Å². The Morgan fingerprint density at radius 1 is 1.24 bits per heavy atom. The molecule has 4 aromatic rings. The number of carbonyl (C=O) groups excluding carboxylic acids is 1. The second-order valence-corrected chi connectivity index (χ2v) is 12.2. The van der Waals surface area contributed by atoms with Gasteiger partial charge in [-0.15, -0.1) is 0 Å². The topological polar surface area (TPSA) is 118 Å². The molecular weight excluding hydrogens is 644 g/mol. The fourth-order valence-electron chi connectivity index (χ4n) is 4.72. The van der Waals surface area contributed by atoms with Crippen molar-refractivity contribution in [3.63, 3.8) is 0 Å². The van der Waals surface area contributed by atoms with Crippen LogP contribution in [0.2, 0.25) is 0 Å². The lowest BCUT2D eigenvalue weighted by molar-refractivity contribution is -0.139. The molecule has 2 aliphatic heterocycles. The van der Waals surface area contributed by atoms with Crippen LogP contribution in [-0.2, 0) is 9.53 Å². The number of benzene rings is 1. The molecule has 6 rings (SSSR count). The Labute approximate surface area is 256 Å². The SMILES string of the molecule is CCCC1=C(C(=O)OCC)[C@H](c2ccc3c(c2)OCO3)n2c(s/c(=C/c3cc(Br)c(Sc4nccc(C)n4)o3)c2=O)=N1. The number of esters is 1. The van der Waals surface area contributed by atoms with E-state index in [9.17, 15) is 9.59 Å². The average Bonchev–Trinajstić information content (AvgIpc) is 3.65. The van der Waals surface area contributed by atoms with Crippen LogP contribution in [0.4, 0.5) is 0 Å². The van der Waals surface area contributed by atoms with Gasteiger partial charge in [-0.3, -0.25) is 9.36 Å². The van der Waals surface area contributed by atoms with E-state index in [0.29, 0.717) is 64.6 Å². The smallest absolute Gasteiger partial charge is 0.338 e. The Hall–Kier alpha value is -3.68. The number of carbonyl (C=O) groups is 1. The van der Waals surface area contributed by atoms with E-state index in [2.05, 4.69) is 25.9 Å². The molecule has 0 fully saturated rings. The van der Waals surface area contributed by atoms with Crippen LogP contribution in [0.25, 0.3) is 6.08 Å². The summed E-state index contributed by atoms with van der Waals surface area (Å²) in [5.41, 5.74) is 2.18. The molecule has 1 atom stereocenters. The van der Waals surface area contributed by atoms with Gasteiger partial charge in [-0.2, -0.15) is 0 Å². The van der Waals surface area contributed by atoms with Gasteiger partial charge in [0.05, 0.1) is 32.9 Å². The number of rotatable bonds is 8. The van der Waals surface area contributed by atoms with Gasteiger partial charge in [-0.25, -0.2) is 19.8 Å².